The lowest BCUT2D eigenvalue weighted by molar-refractivity contribution is 0.0660. The molecule has 1 unspecified atom stereocenters. The van der Waals surface area contributed by atoms with Crippen LogP contribution in [0, 0.1) is 0 Å². The average molecular weight is 166 g/mol. The van der Waals surface area contributed by atoms with Crippen LogP contribution in [0.5, 0.6) is 0 Å². The number of aromatic carboxylic acids is 1. The van der Waals surface area contributed by atoms with Gasteiger partial charge in [0.1, 0.15) is 0 Å². The molecule has 0 amide bonds. The Kier molecular flexibility index (Phi) is 2.33. The Morgan fingerprint density at radius 3 is 3.00 bits per heavy atom. The third kappa shape index (κ3) is 1.39. The molecule has 0 aliphatic carbocycles. The number of carbonyl (C=O) groups is 1. The summed E-state index contributed by atoms with van der Waals surface area (Å²) in [6, 6.07) is 1.65. The lowest BCUT2D eigenvalue weighted by Crippen LogP contribution is -2.00. The van der Waals surface area contributed by atoms with Crippen LogP contribution in [0.15, 0.2) is 29.4 Å². The summed E-state index contributed by atoms with van der Waals surface area (Å²) in [5.41, 5.74) is 0.664. The van der Waals surface area contributed by atoms with E-state index in [0.717, 1.165) is 0 Å². The first-order chi connectivity index (χ1) is 5.66. The fraction of sp³-hybridized carbons (Fsp3) is 0.222. The zero-order chi connectivity index (χ0) is 9.14. The zero-order valence-electron chi connectivity index (χ0n) is 6.78. The number of hydrogen-bond acceptors (Lipinski definition) is 2. The smallest absolute Gasteiger partial charge is 0.372 e. The lowest BCUT2D eigenvalue weighted by atomic mass is 10.0. The van der Waals surface area contributed by atoms with Crippen LogP contribution in [0.2, 0.25) is 0 Å². The summed E-state index contributed by atoms with van der Waals surface area (Å²) >= 11 is 0. The van der Waals surface area contributed by atoms with Crippen LogP contribution in [0.4, 0.5) is 0 Å². The standard InChI is InChI=1S/C9H10O3/c1-3-6(2)7-4-5-12-8(7)9(10)11/h3-6H,1H2,2H3,(H,10,11). The molecule has 0 fully saturated rings. The fourth-order valence-corrected chi connectivity index (χ4v) is 0.979. The molecular formula is C9H10O3. The number of rotatable bonds is 3. The van der Waals surface area contributed by atoms with E-state index in [1.807, 2.05) is 6.92 Å². The van der Waals surface area contributed by atoms with E-state index >= 15 is 0 Å². The molecular weight excluding hydrogens is 156 g/mol. The molecule has 12 heavy (non-hydrogen) atoms. The second-order valence-corrected chi connectivity index (χ2v) is 2.53. The highest BCUT2D eigenvalue weighted by Gasteiger charge is 2.16. The van der Waals surface area contributed by atoms with E-state index in [1.54, 1.807) is 12.1 Å². The molecule has 0 aliphatic heterocycles. The van der Waals surface area contributed by atoms with Crippen molar-refractivity contribution < 1.29 is 14.3 Å². The van der Waals surface area contributed by atoms with Crippen molar-refractivity contribution in [2.75, 3.05) is 0 Å². The third-order valence-electron chi connectivity index (χ3n) is 1.73. The minimum atomic E-state index is -1.04. The molecule has 0 spiro atoms. The topological polar surface area (TPSA) is 50.4 Å². The maximum Gasteiger partial charge on any atom is 0.372 e. The average Bonchev–Trinajstić information content (AvgIpc) is 2.50. The highest BCUT2D eigenvalue weighted by Crippen LogP contribution is 2.21. The van der Waals surface area contributed by atoms with Gasteiger partial charge < -0.3 is 9.52 Å². The highest BCUT2D eigenvalue weighted by atomic mass is 16.4. The first-order valence-corrected chi connectivity index (χ1v) is 3.60. The normalized spacial score (nSPS) is 12.4. The van der Waals surface area contributed by atoms with Gasteiger partial charge in [-0.3, -0.25) is 0 Å². The summed E-state index contributed by atoms with van der Waals surface area (Å²) in [5.74, 6) is -1.03. The first-order valence-electron chi connectivity index (χ1n) is 3.60. The van der Waals surface area contributed by atoms with E-state index in [9.17, 15) is 4.79 Å². The van der Waals surface area contributed by atoms with Crippen molar-refractivity contribution in [2.45, 2.75) is 12.8 Å². The second-order valence-electron chi connectivity index (χ2n) is 2.53. The maximum atomic E-state index is 10.6. The van der Waals surface area contributed by atoms with E-state index in [-0.39, 0.29) is 11.7 Å². The summed E-state index contributed by atoms with van der Waals surface area (Å²) in [4.78, 5) is 10.6. The van der Waals surface area contributed by atoms with E-state index in [0.29, 0.717) is 5.56 Å². The minimum Gasteiger partial charge on any atom is -0.475 e. The van der Waals surface area contributed by atoms with Gasteiger partial charge in [-0.05, 0) is 6.07 Å². The Bertz CT molecular complexity index is 298. The third-order valence-corrected chi connectivity index (χ3v) is 1.73. The summed E-state index contributed by atoms with van der Waals surface area (Å²) in [7, 11) is 0. The molecule has 0 saturated carbocycles. The predicted octanol–water partition coefficient (Wildman–Crippen LogP) is 2.27. The monoisotopic (exact) mass is 166 g/mol. The second kappa shape index (κ2) is 3.26. The minimum absolute atomic E-state index is 0.00222. The highest BCUT2D eigenvalue weighted by molar-refractivity contribution is 5.86. The molecule has 3 heteroatoms. The zero-order valence-corrected chi connectivity index (χ0v) is 6.78. The molecule has 3 nitrogen and oxygen atoms in total. The van der Waals surface area contributed by atoms with Crippen LogP contribution in [0.1, 0.15) is 29.0 Å². The van der Waals surface area contributed by atoms with E-state index in [1.165, 1.54) is 6.26 Å². The van der Waals surface area contributed by atoms with Gasteiger partial charge in [-0.25, -0.2) is 4.79 Å². The summed E-state index contributed by atoms with van der Waals surface area (Å²) < 4.78 is 4.80. The number of hydrogen-bond donors (Lipinski definition) is 1. The van der Waals surface area contributed by atoms with Crippen LogP contribution in [-0.2, 0) is 0 Å². The quantitative estimate of drug-likeness (QED) is 0.700. The molecule has 1 aromatic heterocycles. The maximum absolute atomic E-state index is 10.6. The molecule has 1 atom stereocenters. The van der Waals surface area contributed by atoms with Gasteiger partial charge >= 0.3 is 5.97 Å². The van der Waals surface area contributed by atoms with Gasteiger partial charge in [-0.15, -0.1) is 6.58 Å². The molecule has 1 N–H and O–H groups in total. The van der Waals surface area contributed by atoms with Crippen molar-refractivity contribution in [1.82, 2.24) is 0 Å². The van der Waals surface area contributed by atoms with E-state index < -0.39 is 5.97 Å². The van der Waals surface area contributed by atoms with Crippen LogP contribution < -0.4 is 0 Å². The SMILES string of the molecule is C=CC(C)c1ccoc1C(=O)O. The molecule has 0 aliphatic rings. The Morgan fingerprint density at radius 2 is 2.50 bits per heavy atom. The van der Waals surface area contributed by atoms with Crippen LogP contribution in [0.3, 0.4) is 0 Å². The van der Waals surface area contributed by atoms with Gasteiger partial charge in [0, 0.05) is 11.5 Å². The Morgan fingerprint density at radius 1 is 1.83 bits per heavy atom. The van der Waals surface area contributed by atoms with Gasteiger partial charge in [0.15, 0.2) is 0 Å². The van der Waals surface area contributed by atoms with Crippen molar-refractivity contribution in [3.63, 3.8) is 0 Å². The number of furan rings is 1. The molecule has 1 rings (SSSR count). The van der Waals surface area contributed by atoms with Crippen molar-refractivity contribution in [1.29, 1.82) is 0 Å². The van der Waals surface area contributed by atoms with Crippen LogP contribution >= 0.6 is 0 Å². The van der Waals surface area contributed by atoms with E-state index in [4.69, 9.17) is 9.52 Å². The van der Waals surface area contributed by atoms with E-state index in [2.05, 4.69) is 6.58 Å². The van der Waals surface area contributed by atoms with Gasteiger partial charge in [0.05, 0.1) is 6.26 Å². The van der Waals surface area contributed by atoms with Gasteiger partial charge in [0.2, 0.25) is 5.76 Å². The summed E-state index contributed by atoms with van der Waals surface area (Å²) in [5, 5.41) is 8.67. The largest absolute Gasteiger partial charge is 0.475 e. The van der Waals surface area contributed by atoms with Crippen LogP contribution in [-0.4, -0.2) is 11.1 Å². The van der Waals surface area contributed by atoms with Crippen molar-refractivity contribution in [2.24, 2.45) is 0 Å². The van der Waals surface area contributed by atoms with Gasteiger partial charge in [-0.2, -0.15) is 0 Å². The Balaban J connectivity index is 3.06. The molecule has 0 radical (unpaired) electrons. The van der Waals surface area contributed by atoms with Crippen molar-refractivity contribution in [3.05, 3.63) is 36.3 Å². The predicted molar refractivity (Wildman–Crippen MR) is 44.3 cm³/mol. The fourth-order valence-electron chi connectivity index (χ4n) is 0.979. The number of allylic oxidation sites excluding steroid dienone is 1. The number of carboxylic acids is 1. The molecule has 0 bridgehead atoms. The first kappa shape index (κ1) is 8.59. The molecule has 64 valence electrons. The van der Waals surface area contributed by atoms with Gasteiger partial charge in [0.25, 0.3) is 0 Å². The Labute approximate surface area is 70.3 Å². The van der Waals surface area contributed by atoms with Gasteiger partial charge in [-0.1, -0.05) is 13.0 Å². The molecule has 1 aromatic rings. The summed E-state index contributed by atoms with van der Waals surface area (Å²) in [6.07, 6.45) is 3.05. The number of carboxylic acid groups (broad SMARTS) is 1. The molecule has 1 heterocycles. The Hall–Kier alpha value is -1.51. The summed E-state index contributed by atoms with van der Waals surface area (Å²) in [6.45, 7) is 5.45. The van der Waals surface area contributed by atoms with Crippen LogP contribution in [0.25, 0.3) is 0 Å². The van der Waals surface area contributed by atoms with Crippen molar-refractivity contribution in [3.8, 4) is 0 Å². The lowest BCUT2D eigenvalue weighted by Gasteiger charge is -2.02. The molecule has 0 saturated heterocycles. The molecule has 0 aromatic carbocycles. The van der Waals surface area contributed by atoms with Crippen molar-refractivity contribution >= 4 is 5.97 Å².